The van der Waals surface area contributed by atoms with Gasteiger partial charge in [-0.05, 0) is 102 Å². The summed E-state index contributed by atoms with van der Waals surface area (Å²) in [5.41, 5.74) is 5.97. The summed E-state index contributed by atoms with van der Waals surface area (Å²) in [6.07, 6.45) is 3.04. The van der Waals surface area contributed by atoms with Crippen LogP contribution < -0.4 is 4.74 Å². The van der Waals surface area contributed by atoms with Gasteiger partial charge in [0.2, 0.25) is 0 Å². The van der Waals surface area contributed by atoms with Crippen molar-refractivity contribution < 1.29 is 20.1 Å². The molecule has 4 nitrogen and oxygen atoms in total. The summed E-state index contributed by atoms with van der Waals surface area (Å²) in [5.74, 6) is 1.66. The van der Waals surface area contributed by atoms with Crippen LogP contribution in [-0.4, -0.2) is 15.3 Å². The molecule has 6 bridgehead atoms. The fourth-order valence-corrected chi connectivity index (χ4v) is 4.22. The first-order valence-corrected chi connectivity index (χ1v) is 10.8. The lowest BCUT2D eigenvalue weighted by atomic mass is 9.92. The average molecular weight is 424 g/mol. The van der Waals surface area contributed by atoms with Crippen LogP contribution in [0.5, 0.6) is 28.7 Å². The van der Waals surface area contributed by atoms with E-state index in [-0.39, 0.29) is 17.2 Å². The van der Waals surface area contributed by atoms with Crippen LogP contribution >= 0.6 is 0 Å². The van der Waals surface area contributed by atoms with Crippen molar-refractivity contribution in [3.8, 4) is 39.9 Å². The van der Waals surface area contributed by atoms with Gasteiger partial charge in [-0.15, -0.1) is 0 Å². The molecule has 0 unspecified atom stereocenters. The molecule has 6 rings (SSSR count). The second-order valence-corrected chi connectivity index (χ2v) is 8.24. The highest BCUT2D eigenvalue weighted by Gasteiger charge is 2.13. The van der Waals surface area contributed by atoms with Crippen molar-refractivity contribution in [1.82, 2.24) is 0 Å². The summed E-state index contributed by atoms with van der Waals surface area (Å²) >= 11 is 0. The minimum atomic E-state index is 0.109. The predicted octanol–water partition coefficient (Wildman–Crippen LogP) is 6.15. The van der Waals surface area contributed by atoms with Crippen molar-refractivity contribution in [2.24, 2.45) is 0 Å². The SMILES string of the molecule is Oc1ccc2c(c1)CCc1ccc(cc1)Oc1cc(ccc1O)CCc1ccc(O)c-2c1. The van der Waals surface area contributed by atoms with Gasteiger partial charge >= 0.3 is 0 Å². The summed E-state index contributed by atoms with van der Waals surface area (Å²) in [7, 11) is 0. The Balaban J connectivity index is 1.61. The van der Waals surface area contributed by atoms with Gasteiger partial charge < -0.3 is 20.1 Å². The highest BCUT2D eigenvalue weighted by Crippen LogP contribution is 2.36. The van der Waals surface area contributed by atoms with Crippen molar-refractivity contribution in [3.05, 3.63) is 101 Å². The van der Waals surface area contributed by atoms with Crippen LogP contribution in [0.3, 0.4) is 0 Å². The van der Waals surface area contributed by atoms with E-state index in [2.05, 4.69) is 0 Å². The van der Waals surface area contributed by atoms with Crippen molar-refractivity contribution >= 4 is 0 Å². The summed E-state index contributed by atoms with van der Waals surface area (Å²) in [6, 6.07) is 24.3. The van der Waals surface area contributed by atoms with Crippen LogP contribution in [0, 0.1) is 0 Å². The van der Waals surface area contributed by atoms with E-state index in [1.807, 2.05) is 54.6 Å². The molecule has 0 spiro atoms. The Hall–Kier alpha value is -3.92. The lowest BCUT2D eigenvalue weighted by Crippen LogP contribution is -1.96. The van der Waals surface area contributed by atoms with Gasteiger partial charge in [0.15, 0.2) is 11.5 Å². The van der Waals surface area contributed by atoms with E-state index in [0.29, 0.717) is 11.5 Å². The van der Waals surface area contributed by atoms with Gasteiger partial charge in [0.1, 0.15) is 17.2 Å². The summed E-state index contributed by atoms with van der Waals surface area (Å²) in [4.78, 5) is 0. The van der Waals surface area contributed by atoms with Crippen molar-refractivity contribution in [1.29, 1.82) is 0 Å². The monoisotopic (exact) mass is 424 g/mol. The van der Waals surface area contributed by atoms with E-state index < -0.39 is 0 Å². The van der Waals surface area contributed by atoms with Gasteiger partial charge in [-0.25, -0.2) is 0 Å². The zero-order chi connectivity index (χ0) is 22.1. The molecular weight excluding hydrogens is 400 g/mol. The largest absolute Gasteiger partial charge is 0.508 e. The smallest absolute Gasteiger partial charge is 0.169 e. The number of hydrogen-bond donors (Lipinski definition) is 3. The molecule has 0 saturated heterocycles. The van der Waals surface area contributed by atoms with Crippen LogP contribution in [0.2, 0.25) is 0 Å². The van der Waals surface area contributed by atoms with E-state index in [4.69, 9.17) is 4.74 Å². The Morgan fingerprint density at radius 2 is 1.19 bits per heavy atom. The lowest BCUT2D eigenvalue weighted by Gasteiger charge is -2.14. The molecular formula is C28H24O4. The Bertz CT molecular complexity index is 1280. The maximum Gasteiger partial charge on any atom is 0.169 e. The van der Waals surface area contributed by atoms with E-state index in [9.17, 15) is 15.3 Å². The number of benzene rings is 4. The third kappa shape index (κ3) is 4.12. The molecule has 0 aromatic heterocycles. The number of fused-ring (bicyclic) bond motifs is 4. The Labute approximate surface area is 187 Å². The van der Waals surface area contributed by atoms with Gasteiger partial charge in [0.05, 0.1) is 0 Å². The van der Waals surface area contributed by atoms with Crippen molar-refractivity contribution in [2.45, 2.75) is 25.7 Å². The van der Waals surface area contributed by atoms with Gasteiger partial charge in [-0.3, -0.25) is 0 Å². The molecule has 4 aromatic rings. The molecule has 0 aliphatic carbocycles. The molecule has 0 fully saturated rings. The maximum absolute atomic E-state index is 10.6. The fourth-order valence-electron chi connectivity index (χ4n) is 4.22. The summed E-state index contributed by atoms with van der Waals surface area (Å²) < 4.78 is 5.94. The average Bonchev–Trinajstić information content (AvgIpc) is 2.80. The second-order valence-electron chi connectivity index (χ2n) is 8.24. The first kappa shape index (κ1) is 20.0. The molecule has 32 heavy (non-hydrogen) atoms. The van der Waals surface area contributed by atoms with Gasteiger partial charge in [0.25, 0.3) is 0 Å². The van der Waals surface area contributed by atoms with E-state index in [0.717, 1.165) is 59.1 Å². The maximum atomic E-state index is 10.6. The molecule has 0 atom stereocenters. The van der Waals surface area contributed by atoms with Crippen LogP contribution in [0.25, 0.3) is 11.1 Å². The van der Waals surface area contributed by atoms with Crippen LogP contribution in [0.15, 0.2) is 78.9 Å². The normalized spacial score (nSPS) is 13.1. The molecule has 4 aromatic carbocycles. The van der Waals surface area contributed by atoms with Crippen LogP contribution in [0.4, 0.5) is 0 Å². The van der Waals surface area contributed by atoms with E-state index in [1.165, 1.54) is 0 Å². The molecule has 0 amide bonds. The zero-order valence-electron chi connectivity index (χ0n) is 17.6. The number of phenols is 3. The molecule has 0 radical (unpaired) electrons. The number of hydrogen-bond acceptors (Lipinski definition) is 4. The van der Waals surface area contributed by atoms with Crippen LogP contribution in [-0.2, 0) is 25.7 Å². The minimum absolute atomic E-state index is 0.109. The number of phenolic OH excluding ortho intramolecular Hbond substituents is 3. The predicted molar refractivity (Wildman–Crippen MR) is 125 cm³/mol. The molecule has 160 valence electrons. The highest BCUT2D eigenvalue weighted by atomic mass is 16.5. The first-order chi connectivity index (χ1) is 15.5. The molecule has 2 heterocycles. The molecule has 4 heteroatoms. The number of ether oxygens (including phenoxy) is 1. The van der Waals surface area contributed by atoms with Gasteiger partial charge in [-0.1, -0.05) is 30.3 Å². The standard InChI is InChI=1S/C28H24O4/c29-22-9-12-24-21(17-22)8-3-18-4-10-23(11-5-18)32-28-16-20(7-14-27(28)31)2-1-19-6-13-26(30)25(24)15-19/h4-7,9-17,29-31H,1-3,8H2. The summed E-state index contributed by atoms with van der Waals surface area (Å²) in [6.45, 7) is 0. The highest BCUT2D eigenvalue weighted by molar-refractivity contribution is 5.74. The minimum Gasteiger partial charge on any atom is -0.508 e. The Kier molecular flexibility index (Phi) is 5.20. The van der Waals surface area contributed by atoms with E-state index >= 15 is 0 Å². The Morgan fingerprint density at radius 1 is 0.531 bits per heavy atom. The van der Waals surface area contributed by atoms with Crippen molar-refractivity contribution in [2.75, 3.05) is 0 Å². The molecule has 2 aliphatic heterocycles. The van der Waals surface area contributed by atoms with E-state index in [1.54, 1.807) is 24.3 Å². The third-order valence-electron chi connectivity index (χ3n) is 6.00. The van der Waals surface area contributed by atoms with Crippen LogP contribution in [0.1, 0.15) is 22.3 Å². The number of aromatic hydroxyl groups is 3. The first-order valence-electron chi connectivity index (χ1n) is 10.8. The second kappa shape index (κ2) is 8.31. The molecule has 3 N–H and O–H groups in total. The zero-order valence-corrected chi connectivity index (χ0v) is 17.6. The lowest BCUT2D eigenvalue weighted by molar-refractivity contribution is 0.410. The topological polar surface area (TPSA) is 69.9 Å². The number of aryl methyl sites for hydroxylation is 4. The van der Waals surface area contributed by atoms with Gasteiger partial charge in [-0.2, -0.15) is 0 Å². The molecule has 2 aliphatic rings. The van der Waals surface area contributed by atoms with Crippen molar-refractivity contribution in [3.63, 3.8) is 0 Å². The third-order valence-corrected chi connectivity index (χ3v) is 6.00. The quantitative estimate of drug-likeness (QED) is 0.317. The van der Waals surface area contributed by atoms with Gasteiger partial charge in [0, 0.05) is 5.56 Å². The summed E-state index contributed by atoms with van der Waals surface area (Å²) in [5, 5.41) is 31.0. The molecule has 0 saturated carbocycles. The fraction of sp³-hybridized carbons (Fsp3) is 0.143. The Morgan fingerprint density at radius 3 is 1.97 bits per heavy atom. The number of rotatable bonds is 0.